The molecule has 0 aromatic heterocycles. The van der Waals surface area contributed by atoms with E-state index in [1.165, 1.54) is 35.4 Å². The Labute approximate surface area is 164 Å². The number of benzene rings is 2. The first-order valence-corrected chi connectivity index (χ1v) is 9.13. The van der Waals surface area contributed by atoms with E-state index in [1.54, 1.807) is 0 Å². The van der Waals surface area contributed by atoms with Crippen molar-refractivity contribution in [2.24, 2.45) is 5.16 Å². The molecule has 0 spiro atoms. The van der Waals surface area contributed by atoms with Gasteiger partial charge in [0.1, 0.15) is 11.5 Å². The van der Waals surface area contributed by atoms with Gasteiger partial charge >= 0.3 is 5.97 Å². The van der Waals surface area contributed by atoms with Gasteiger partial charge in [0.25, 0.3) is 0 Å². The highest BCUT2D eigenvalue weighted by Crippen LogP contribution is 2.49. The molecule has 2 aromatic carbocycles. The fourth-order valence-electron chi connectivity index (χ4n) is 4.30. The molecule has 1 aliphatic carbocycles. The second-order valence-electron chi connectivity index (χ2n) is 8.56. The van der Waals surface area contributed by atoms with Crippen molar-refractivity contribution in [1.29, 1.82) is 0 Å². The Kier molecular flexibility index (Phi) is 4.88. The third kappa shape index (κ3) is 3.57. The number of carboxylic acid groups (broad SMARTS) is 1. The number of rotatable bonds is 4. The van der Waals surface area contributed by atoms with Gasteiger partial charge in [0.2, 0.25) is 0 Å². The summed E-state index contributed by atoms with van der Waals surface area (Å²) in [5.74, 6) is -1.83. The third-order valence-electron chi connectivity index (χ3n) is 5.43. The van der Waals surface area contributed by atoms with Gasteiger partial charge in [-0.3, -0.25) is 0 Å². The largest absolute Gasteiger partial charge is 0.478 e. The van der Waals surface area contributed by atoms with Crippen LogP contribution in [0.4, 0.5) is 4.39 Å². The SMILES string of the molecule is CC1(C)CC(C)(C)c2cc(C(/C=C\c3ccc(C(=O)O)cc3F)=N\O)ccc21. The van der Waals surface area contributed by atoms with Gasteiger partial charge < -0.3 is 10.3 Å². The van der Waals surface area contributed by atoms with Crippen LogP contribution in [0, 0.1) is 5.82 Å². The Hall–Kier alpha value is -2.95. The predicted octanol–water partition coefficient (Wildman–Crippen LogP) is 5.37. The maximum atomic E-state index is 14.1. The number of aromatic carboxylic acids is 1. The molecule has 0 heterocycles. The second-order valence-corrected chi connectivity index (χ2v) is 8.56. The molecule has 0 saturated carbocycles. The maximum absolute atomic E-state index is 14.1. The van der Waals surface area contributed by atoms with Gasteiger partial charge in [0, 0.05) is 11.1 Å². The summed E-state index contributed by atoms with van der Waals surface area (Å²) in [6.45, 7) is 8.86. The molecule has 3 rings (SSSR count). The van der Waals surface area contributed by atoms with Crippen LogP contribution in [-0.4, -0.2) is 22.0 Å². The van der Waals surface area contributed by atoms with Gasteiger partial charge in [-0.1, -0.05) is 51.0 Å². The molecular weight excluding hydrogens is 357 g/mol. The van der Waals surface area contributed by atoms with Crippen LogP contribution in [0.3, 0.4) is 0 Å². The van der Waals surface area contributed by atoms with Gasteiger partial charge in [-0.15, -0.1) is 0 Å². The predicted molar refractivity (Wildman–Crippen MR) is 108 cm³/mol. The summed E-state index contributed by atoms with van der Waals surface area (Å²) in [5, 5.41) is 21.8. The molecule has 2 aromatic rings. The van der Waals surface area contributed by atoms with Gasteiger partial charge in [0.05, 0.1) is 5.56 Å². The summed E-state index contributed by atoms with van der Waals surface area (Å²) in [5.41, 5.74) is 3.76. The van der Waals surface area contributed by atoms with Gasteiger partial charge in [-0.25, -0.2) is 9.18 Å². The normalized spacial score (nSPS) is 17.7. The number of nitrogens with zero attached hydrogens (tertiary/aromatic N) is 1. The van der Waals surface area contributed by atoms with E-state index in [1.807, 2.05) is 12.1 Å². The number of oxime groups is 1. The van der Waals surface area contributed by atoms with Crippen LogP contribution in [0.1, 0.15) is 66.7 Å². The lowest BCUT2D eigenvalue weighted by molar-refractivity contribution is 0.0696. The summed E-state index contributed by atoms with van der Waals surface area (Å²) in [7, 11) is 0. The van der Waals surface area contributed by atoms with Crippen molar-refractivity contribution >= 4 is 17.8 Å². The van der Waals surface area contributed by atoms with Crippen LogP contribution in [0.25, 0.3) is 6.08 Å². The fourth-order valence-corrected chi connectivity index (χ4v) is 4.30. The molecule has 2 N–H and O–H groups in total. The van der Waals surface area contributed by atoms with Crippen molar-refractivity contribution < 1.29 is 19.5 Å². The molecule has 4 nitrogen and oxygen atoms in total. The second kappa shape index (κ2) is 6.89. The first-order chi connectivity index (χ1) is 13.0. The van der Waals surface area contributed by atoms with Crippen molar-refractivity contribution in [3.63, 3.8) is 0 Å². The number of hydrogen-bond donors (Lipinski definition) is 2. The molecule has 0 atom stereocenters. The fraction of sp³-hybridized carbons (Fsp3) is 0.304. The molecule has 0 radical (unpaired) electrons. The molecule has 28 heavy (non-hydrogen) atoms. The number of carboxylic acids is 1. The smallest absolute Gasteiger partial charge is 0.335 e. The summed E-state index contributed by atoms with van der Waals surface area (Å²) >= 11 is 0. The molecule has 0 fully saturated rings. The first-order valence-electron chi connectivity index (χ1n) is 9.13. The monoisotopic (exact) mass is 381 g/mol. The first kappa shape index (κ1) is 19.8. The molecule has 0 amide bonds. The van der Waals surface area contributed by atoms with E-state index in [0.29, 0.717) is 5.71 Å². The lowest BCUT2D eigenvalue weighted by atomic mass is 9.82. The van der Waals surface area contributed by atoms with Crippen LogP contribution in [0.5, 0.6) is 0 Å². The molecule has 5 heteroatoms. The number of allylic oxidation sites excluding steroid dienone is 1. The highest BCUT2D eigenvalue weighted by molar-refractivity contribution is 6.10. The number of hydrogen-bond acceptors (Lipinski definition) is 3. The molecule has 1 aliphatic rings. The highest BCUT2D eigenvalue weighted by Gasteiger charge is 2.41. The quantitative estimate of drug-likeness (QED) is 0.425. The Bertz CT molecular complexity index is 1000. The van der Waals surface area contributed by atoms with Crippen LogP contribution >= 0.6 is 0 Å². The van der Waals surface area contributed by atoms with E-state index in [2.05, 4.69) is 38.9 Å². The topological polar surface area (TPSA) is 69.9 Å². The van der Waals surface area contributed by atoms with Crippen molar-refractivity contribution in [3.05, 3.63) is 76.1 Å². The Morgan fingerprint density at radius 1 is 1.04 bits per heavy atom. The van der Waals surface area contributed by atoms with E-state index >= 15 is 0 Å². The summed E-state index contributed by atoms with van der Waals surface area (Å²) in [6, 6.07) is 9.70. The zero-order valence-corrected chi connectivity index (χ0v) is 16.5. The highest BCUT2D eigenvalue weighted by atomic mass is 19.1. The van der Waals surface area contributed by atoms with Crippen molar-refractivity contribution in [3.8, 4) is 0 Å². The summed E-state index contributed by atoms with van der Waals surface area (Å²) in [4.78, 5) is 10.9. The molecule has 0 bridgehead atoms. The number of carbonyl (C=O) groups is 1. The molecule has 0 unspecified atom stereocenters. The standard InChI is InChI=1S/C23H24FNO3/c1-22(2)13-23(3,4)18-11-15(7-9-17(18)22)20(25-28)10-8-14-5-6-16(21(26)27)12-19(14)24/h5-12,28H,13H2,1-4H3,(H,26,27)/b10-8-,25-20-. The molecule has 146 valence electrons. The van der Waals surface area contributed by atoms with Crippen LogP contribution in [0.2, 0.25) is 0 Å². The molecule has 0 aliphatic heterocycles. The van der Waals surface area contributed by atoms with E-state index < -0.39 is 11.8 Å². The summed E-state index contributed by atoms with van der Waals surface area (Å²) in [6.07, 6.45) is 4.02. The van der Waals surface area contributed by atoms with Crippen LogP contribution in [-0.2, 0) is 10.8 Å². The van der Waals surface area contributed by atoms with E-state index in [9.17, 15) is 14.4 Å². The van der Waals surface area contributed by atoms with Crippen molar-refractivity contribution in [1.82, 2.24) is 0 Å². The molecule has 0 saturated heterocycles. The van der Waals surface area contributed by atoms with Crippen LogP contribution < -0.4 is 0 Å². The zero-order chi connectivity index (χ0) is 20.7. The van der Waals surface area contributed by atoms with Crippen LogP contribution in [0.15, 0.2) is 47.6 Å². The third-order valence-corrected chi connectivity index (χ3v) is 5.43. The Morgan fingerprint density at radius 2 is 1.68 bits per heavy atom. The van der Waals surface area contributed by atoms with Gasteiger partial charge in [-0.05, 0) is 58.7 Å². The number of halogens is 1. The Morgan fingerprint density at radius 3 is 2.29 bits per heavy atom. The minimum Gasteiger partial charge on any atom is -0.478 e. The lowest BCUT2D eigenvalue weighted by Crippen LogP contribution is -2.18. The average molecular weight is 381 g/mol. The van der Waals surface area contributed by atoms with Gasteiger partial charge in [-0.2, -0.15) is 0 Å². The van der Waals surface area contributed by atoms with Gasteiger partial charge in [0.15, 0.2) is 0 Å². The van der Waals surface area contributed by atoms with Crippen molar-refractivity contribution in [2.75, 3.05) is 0 Å². The average Bonchev–Trinajstić information content (AvgIpc) is 2.80. The lowest BCUT2D eigenvalue weighted by Gasteiger charge is -2.22. The van der Waals surface area contributed by atoms with Crippen molar-refractivity contribution in [2.45, 2.75) is 44.9 Å². The molecular formula is C23H24FNO3. The number of fused-ring (bicyclic) bond motifs is 1. The summed E-state index contributed by atoms with van der Waals surface area (Å²) < 4.78 is 14.1. The zero-order valence-electron chi connectivity index (χ0n) is 16.5. The Balaban J connectivity index is 1.94. The maximum Gasteiger partial charge on any atom is 0.335 e. The van der Waals surface area contributed by atoms with E-state index in [-0.39, 0.29) is 22.0 Å². The minimum atomic E-state index is -1.18. The minimum absolute atomic E-state index is 0.0118. The van der Waals surface area contributed by atoms with E-state index in [0.717, 1.165) is 18.1 Å². The van der Waals surface area contributed by atoms with E-state index in [4.69, 9.17) is 5.11 Å².